The Hall–Kier alpha value is -0.103. The molecular weight excluding hydrogens is 226 g/mol. The molecule has 0 heterocycles. The Kier molecular flexibility index (Phi) is 8.04. The lowest BCUT2D eigenvalue weighted by Gasteiger charge is -2.24. The molecule has 0 aromatic heterocycles. The fraction of sp³-hybridized carbons (Fsp3) is 1.00. The second kappa shape index (κ2) is 8.10. The lowest BCUT2D eigenvalue weighted by Crippen LogP contribution is -2.52. The average Bonchev–Trinajstić information content (AvgIpc) is 2.18. The van der Waals surface area contributed by atoms with Gasteiger partial charge in [0.1, 0.15) is 6.23 Å². The summed E-state index contributed by atoms with van der Waals surface area (Å²) in [6.45, 7) is 1.82. The Bertz CT molecular complexity index is 143. The van der Waals surface area contributed by atoms with E-state index in [1.54, 1.807) is 0 Å². The maximum atomic E-state index is 5.56. The lowest BCUT2D eigenvalue weighted by atomic mass is 10.5. The van der Waals surface area contributed by atoms with Crippen LogP contribution >= 0.6 is 0 Å². The first-order valence-corrected chi connectivity index (χ1v) is 5.86. The zero-order chi connectivity index (χ0) is 11.7. The summed E-state index contributed by atoms with van der Waals surface area (Å²) in [5.41, 5.74) is 5.56. The van der Waals surface area contributed by atoms with Crippen molar-refractivity contribution < 1.29 is 32.8 Å². The normalized spacial score (nSPS) is 14.2. The molecule has 0 aromatic rings. The summed E-state index contributed by atoms with van der Waals surface area (Å²) in [6, 6.07) is 0. The van der Waals surface area contributed by atoms with Crippen molar-refractivity contribution in [1.29, 1.82) is 0 Å². The van der Waals surface area contributed by atoms with Crippen molar-refractivity contribution in [2.45, 2.75) is 19.6 Å². The Labute approximate surface area is 89.4 Å². The molecule has 0 aromatic carbocycles. The minimum absolute atomic E-state index is 0.530. The third-order valence-electron chi connectivity index (χ3n) is 1.25. The second-order valence-electron chi connectivity index (χ2n) is 2.31. The average molecular weight is 243 g/mol. The first-order valence-electron chi connectivity index (χ1n) is 4.23. The molecule has 2 N–H and O–H groups in total. The molecule has 1 unspecified atom stereocenters. The van der Waals surface area contributed by atoms with Crippen LogP contribution in [0, 0.1) is 0 Å². The molecule has 8 nitrogen and oxygen atoms in total. The molecule has 0 spiro atoms. The summed E-state index contributed by atoms with van der Waals surface area (Å²) in [5, 5.41) is 0. The minimum atomic E-state index is -3.67. The van der Waals surface area contributed by atoms with Crippen LogP contribution in [0.1, 0.15) is 13.3 Å². The second-order valence-corrected chi connectivity index (χ2v) is 4.05. The zero-order valence-corrected chi connectivity index (χ0v) is 10.2. The van der Waals surface area contributed by atoms with Crippen LogP contribution in [0.3, 0.4) is 0 Å². The van der Waals surface area contributed by atoms with E-state index in [9.17, 15) is 0 Å². The van der Waals surface area contributed by atoms with Crippen molar-refractivity contribution in [2.75, 3.05) is 21.3 Å². The van der Waals surface area contributed by atoms with Gasteiger partial charge in [-0.25, -0.2) is 14.7 Å². The van der Waals surface area contributed by atoms with E-state index in [4.69, 9.17) is 23.9 Å². The van der Waals surface area contributed by atoms with Gasteiger partial charge in [0.2, 0.25) is 0 Å². The minimum Gasteiger partial charge on any atom is -0.331 e. The number of nitrogens with two attached hydrogens (primary N) is 1. The van der Waals surface area contributed by atoms with Crippen LogP contribution in [0.5, 0.6) is 0 Å². The van der Waals surface area contributed by atoms with Gasteiger partial charge in [0.25, 0.3) is 0 Å². The van der Waals surface area contributed by atoms with Crippen LogP contribution in [0.4, 0.5) is 0 Å². The predicted molar refractivity (Wildman–Crippen MR) is 49.4 cm³/mol. The van der Waals surface area contributed by atoms with Gasteiger partial charge in [-0.1, -0.05) is 6.92 Å². The maximum Gasteiger partial charge on any atom is 0.765 e. The molecule has 0 saturated heterocycles. The highest BCUT2D eigenvalue weighted by molar-refractivity contribution is 6.52. The van der Waals surface area contributed by atoms with Crippen molar-refractivity contribution in [3.05, 3.63) is 0 Å². The zero-order valence-electron chi connectivity index (χ0n) is 9.22. The fourth-order valence-corrected chi connectivity index (χ4v) is 2.03. The molecule has 0 saturated carbocycles. The van der Waals surface area contributed by atoms with Gasteiger partial charge in [-0.05, 0) is 6.42 Å². The molecule has 0 radical (unpaired) electrons. The van der Waals surface area contributed by atoms with E-state index in [0.29, 0.717) is 6.42 Å². The smallest absolute Gasteiger partial charge is 0.331 e. The van der Waals surface area contributed by atoms with Gasteiger partial charge < -0.3 is 10.2 Å². The summed E-state index contributed by atoms with van der Waals surface area (Å²) in [6.07, 6.45) is -0.112. The van der Waals surface area contributed by atoms with E-state index < -0.39 is 15.3 Å². The summed E-state index contributed by atoms with van der Waals surface area (Å²) in [5.74, 6) is 0. The van der Waals surface area contributed by atoms with Gasteiger partial charge in [0.05, 0.1) is 21.3 Å². The highest BCUT2D eigenvalue weighted by Gasteiger charge is 2.53. The third kappa shape index (κ3) is 5.51. The van der Waals surface area contributed by atoms with Crippen LogP contribution in [0.15, 0.2) is 0 Å². The van der Waals surface area contributed by atoms with Gasteiger partial charge >= 0.3 is 9.05 Å². The van der Waals surface area contributed by atoms with E-state index in [0.717, 1.165) is 0 Å². The Morgan fingerprint density at radius 1 is 1.00 bits per heavy atom. The van der Waals surface area contributed by atoms with Crippen LogP contribution in [-0.4, -0.2) is 36.6 Å². The van der Waals surface area contributed by atoms with Crippen LogP contribution in [0.25, 0.3) is 0 Å². The van der Waals surface area contributed by atoms with Gasteiger partial charge in [-0.3, -0.25) is 0 Å². The summed E-state index contributed by atoms with van der Waals surface area (Å²) in [7, 11) is 0.122. The van der Waals surface area contributed by atoms with Crippen LogP contribution in [0.2, 0.25) is 0 Å². The van der Waals surface area contributed by atoms with Crippen molar-refractivity contribution in [3.8, 4) is 0 Å². The molecule has 0 aliphatic carbocycles. The first-order chi connectivity index (χ1) is 7.14. The Morgan fingerprint density at radius 2 is 1.40 bits per heavy atom. The maximum absolute atomic E-state index is 5.56. The van der Waals surface area contributed by atoms with Crippen molar-refractivity contribution in [3.63, 3.8) is 0 Å². The quantitative estimate of drug-likeness (QED) is 0.259. The van der Waals surface area contributed by atoms with E-state index >= 15 is 0 Å². The third-order valence-corrected chi connectivity index (χ3v) is 2.96. The summed E-state index contributed by atoms with van der Waals surface area (Å²) < 4.78 is 19.4. The van der Waals surface area contributed by atoms with Crippen LogP contribution in [-0.2, 0) is 32.8 Å². The fourth-order valence-electron chi connectivity index (χ4n) is 0.676. The summed E-state index contributed by atoms with van der Waals surface area (Å²) >= 11 is 0. The van der Waals surface area contributed by atoms with E-state index in [-0.39, 0.29) is 0 Å². The molecule has 9 heteroatoms. The SMILES string of the molecule is CCC(N)O[Si](OOC)(OOC)OOC. The number of hydrogen-bond donors (Lipinski definition) is 1. The highest BCUT2D eigenvalue weighted by Crippen LogP contribution is 2.14. The van der Waals surface area contributed by atoms with E-state index in [1.807, 2.05) is 6.92 Å². The highest BCUT2D eigenvalue weighted by atomic mass is 28.4. The van der Waals surface area contributed by atoms with Gasteiger partial charge in [-0.2, -0.15) is 13.7 Å². The topological polar surface area (TPSA) is 90.6 Å². The molecule has 0 rings (SSSR count). The molecular formula is C6H17NO7Si. The van der Waals surface area contributed by atoms with Crippen molar-refractivity contribution in [1.82, 2.24) is 0 Å². The molecule has 0 fully saturated rings. The van der Waals surface area contributed by atoms with E-state index in [1.165, 1.54) is 21.3 Å². The van der Waals surface area contributed by atoms with Crippen molar-refractivity contribution in [2.24, 2.45) is 5.73 Å². The molecule has 0 aliphatic heterocycles. The van der Waals surface area contributed by atoms with Gasteiger partial charge in [0.15, 0.2) is 0 Å². The van der Waals surface area contributed by atoms with Crippen LogP contribution < -0.4 is 5.73 Å². The molecule has 0 amide bonds. The summed E-state index contributed by atoms with van der Waals surface area (Å²) in [4.78, 5) is 13.3. The molecule has 0 aliphatic rings. The molecule has 15 heavy (non-hydrogen) atoms. The first kappa shape index (κ1) is 14.9. The predicted octanol–water partition coefficient (Wildman–Crippen LogP) is -0.133. The van der Waals surface area contributed by atoms with E-state index in [2.05, 4.69) is 14.7 Å². The molecule has 92 valence electrons. The van der Waals surface area contributed by atoms with Crippen molar-refractivity contribution >= 4 is 9.05 Å². The largest absolute Gasteiger partial charge is 0.765 e. The molecule has 0 bridgehead atoms. The molecule has 1 atom stereocenters. The lowest BCUT2D eigenvalue weighted by molar-refractivity contribution is -0.373. The van der Waals surface area contributed by atoms with Gasteiger partial charge in [0, 0.05) is 0 Å². The number of rotatable bonds is 9. The Morgan fingerprint density at radius 3 is 1.67 bits per heavy atom. The number of hydrogen-bond acceptors (Lipinski definition) is 8. The standard InChI is InChI=1S/C6H17NO7Si/c1-5-6(7)11-15(12-8-2,13-9-3)14-10-4/h6H,5,7H2,1-4H3. The van der Waals surface area contributed by atoms with Gasteiger partial charge in [-0.15, -0.1) is 0 Å². The Balaban J connectivity index is 4.44. The monoisotopic (exact) mass is 243 g/mol.